The van der Waals surface area contributed by atoms with E-state index in [9.17, 15) is 0 Å². The second-order valence-electron chi connectivity index (χ2n) is 3.37. The third kappa shape index (κ3) is 1.05. The Labute approximate surface area is 77.7 Å². The van der Waals surface area contributed by atoms with Crippen LogP contribution in [0.4, 0.5) is 0 Å². The second kappa shape index (κ2) is 2.75. The van der Waals surface area contributed by atoms with Crippen LogP contribution in [-0.4, -0.2) is 0 Å². The number of rotatable bonds is 0. The molecule has 0 atom stereocenters. The number of benzene rings is 1. The summed E-state index contributed by atoms with van der Waals surface area (Å²) in [5.74, 6) is 0. The van der Waals surface area contributed by atoms with Crippen LogP contribution in [0.15, 0.2) is 6.07 Å². The van der Waals surface area contributed by atoms with Gasteiger partial charge < -0.3 is 5.32 Å². The number of halogens is 1. The molecule has 0 saturated heterocycles. The van der Waals surface area contributed by atoms with E-state index >= 15 is 0 Å². The largest absolute Gasteiger partial charge is 0.309 e. The highest BCUT2D eigenvalue weighted by Crippen LogP contribution is 2.29. The molecule has 1 nitrogen and oxygen atoms in total. The minimum absolute atomic E-state index is 0.926. The van der Waals surface area contributed by atoms with E-state index in [2.05, 4.69) is 25.2 Å². The lowest BCUT2D eigenvalue weighted by Crippen LogP contribution is -2.00. The van der Waals surface area contributed by atoms with Crippen molar-refractivity contribution in [1.82, 2.24) is 5.32 Å². The Balaban J connectivity index is 2.67. The fourth-order valence-electron chi connectivity index (χ4n) is 1.67. The maximum Gasteiger partial charge on any atom is 0.0486 e. The molecule has 0 saturated carbocycles. The van der Waals surface area contributed by atoms with Crippen LogP contribution in [0.25, 0.3) is 0 Å². The van der Waals surface area contributed by atoms with Crippen molar-refractivity contribution in [2.24, 2.45) is 0 Å². The van der Waals surface area contributed by atoms with E-state index in [4.69, 9.17) is 11.6 Å². The van der Waals surface area contributed by atoms with Crippen LogP contribution in [0.2, 0.25) is 5.02 Å². The Bertz CT molecular complexity index is 331. The van der Waals surface area contributed by atoms with E-state index < -0.39 is 0 Å². The summed E-state index contributed by atoms with van der Waals surface area (Å²) in [5.41, 5.74) is 5.17. The van der Waals surface area contributed by atoms with Gasteiger partial charge in [0.05, 0.1) is 0 Å². The molecule has 0 unspecified atom stereocenters. The van der Waals surface area contributed by atoms with Gasteiger partial charge in [-0.25, -0.2) is 0 Å². The lowest BCUT2D eigenvalue weighted by Gasteiger charge is -2.07. The van der Waals surface area contributed by atoms with Crippen molar-refractivity contribution in [1.29, 1.82) is 0 Å². The van der Waals surface area contributed by atoms with E-state index in [0.29, 0.717) is 0 Å². The molecule has 1 aliphatic heterocycles. The van der Waals surface area contributed by atoms with Crippen molar-refractivity contribution < 1.29 is 0 Å². The first kappa shape index (κ1) is 8.09. The molecule has 0 aromatic heterocycles. The second-order valence-corrected chi connectivity index (χ2v) is 3.75. The third-order valence-electron chi connectivity index (χ3n) is 2.58. The number of fused-ring (bicyclic) bond motifs is 1. The van der Waals surface area contributed by atoms with Gasteiger partial charge in [0, 0.05) is 18.1 Å². The zero-order valence-electron chi connectivity index (χ0n) is 7.37. The molecule has 0 radical (unpaired) electrons. The lowest BCUT2D eigenvalue weighted by atomic mass is 10.0. The summed E-state index contributed by atoms with van der Waals surface area (Å²) in [4.78, 5) is 0. The van der Waals surface area contributed by atoms with Gasteiger partial charge in [-0.15, -0.1) is 0 Å². The number of nitrogens with one attached hydrogen (secondary N) is 1. The van der Waals surface area contributed by atoms with Crippen LogP contribution in [0, 0.1) is 13.8 Å². The van der Waals surface area contributed by atoms with E-state index in [1.54, 1.807) is 0 Å². The molecular weight excluding hydrogens is 170 g/mol. The smallest absolute Gasteiger partial charge is 0.0486 e. The average Bonchev–Trinajstić information content (AvgIpc) is 2.48. The van der Waals surface area contributed by atoms with E-state index in [0.717, 1.165) is 18.1 Å². The summed E-state index contributed by atoms with van der Waals surface area (Å²) in [6, 6.07) is 2.23. The maximum absolute atomic E-state index is 6.20. The molecule has 1 N–H and O–H groups in total. The Hall–Kier alpha value is -0.530. The van der Waals surface area contributed by atoms with Gasteiger partial charge in [0.15, 0.2) is 0 Å². The van der Waals surface area contributed by atoms with Crippen LogP contribution in [0.1, 0.15) is 22.3 Å². The summed E-state index contributed by atoms with van der Waals surface area (Å²) in [6.07, 6.45) is 0. The van der Waals surface area contributed by atoms with Gasteiger partial charge in [-0.05, 0) is 36.1 Å². The molecule has 0 bridgehead atoms. The molecule has 12 heavy (non-hydrogen) atoms. The van der Waals surface area contributed by atoms with Crippen LogP contribution in [-0.2, 0) is 13.1 Å². The third-order valence-corrected chi connectivity index (χ3v) is 3.09. The van der Waals surface area contributed by atoms with Gasteiger partial charge in [0.1, 0.15) is 0 Å². The minimum atomic E-state index is 0.926. The van der Waals surface area contributed by atoms with Gasteiger partial charge >= 0.3 is 0 Å². The van der Waals surface area contributed by atoms with Crippen molar-refractivity contribution in [2.75, 3.05) is 0 Å². The van der Waals surface area contributed by atoms with Crippen molar-refractivity contribution in [3.05, 3.63) is 33.3 Å². The molecule has 0 spiro atoms. The van der Waals surface area contributed by atoms with Crippen molar-refractivity contribution in [3.8, 4) is 0 Å². The highest BCUT2D eigenvalue weighted by Gasteiger charge is 2.15. The fraction of sp³-hybridized carbons (Fsp3) is 0.400. The molecule has 0 aliphatic carbocycles. The molecule has 0 fully saturated rings. The summed E-state index contributed by atoms with van der Waals surface area (Å²) < 4.78 is 0. The first-order chi connectivity index (χ1) is 5.70. The van der Waals surface area contributed by atoms with Crippen molar-refractivity contribution in [3.63, 3.8) is 0 Å². The lowest BCUT2D eigenvalue weighted by molar-refractivity contribution is 0.764. The van der Waals surface area contributed by atoms with E-state index in [1.165, 1.54) is 22.3 Å². The SMILES string of the molecule is Cc1cc2c(c(Cl)c1C)CNC2. The topological polar surface area (TPSA) is 12.0 Å². The number of aryl methyl sites for hydroxylation is 1. The normalized spacial score (nSPS) is 14.9. The highest BCUT2D eigenvalue weighted by molar-refractivity contribution is 6.32. The van der Waals surface area contributed by atoms with Gasteiger partial charge in [0.2, 0.25) is 0 Å². The summed E-state index contributed by atoms with van der Waals surface area (Å²) in [6.45, 7) is 6.08. The quantitative estimate of drug-likeness (QED) is 0.649. The van der Waals surface area contributed by atoms with Gasteiger partial charge in [-0.1, -0.05) is 17.7 Å². The van der Waals surface area contributed by atoms with Gasteiger partial charge in [-0.3, -0.25) is 0 Å². The first-order valence-corrected chi connectivity index (χ1v) is 4.56. The number of hydrogen-bond donors (Lipinski definition) is 1. The minimum Gasteiger partial charge on any atom is -0.309 e. The van der Waals surface area contributed by atoms with Crippen LogP contribution in [0.5, 0.6) is 0 Å². The zero-order chi connectivity index (χ0) is 8.72. The molecular formula is C10H12ClN. The van der Waals surface area contributed by atoms with Crippen LogP contribution >= 0.6 is 11.6 Å². The van der Waals surface area contributed by atoms with Gasteiger partial charge in [0.25, 0.3) is 0 Å². The molecule has 1 aromatic carbocycles. The fourth-order valence-corrected chi connectivity index (χ4v) is 2.01. The highest BCUT2D eigenvalue weighted by atomic mass is 35.5. The van der Waals surface area contributed by atoms with Crippen LogP contribution < -0.4 is 5.32 Å². The summed E-state index contributed by atoms with van der Waals surface area (Å²) in [5, 5.41) is 4.25. The predicted octanol–water partition coefficient (Wildman–Crippen LogP) is 2.56. The van der Waals surface area contributed by atoms with Gasteiger partial charge in [-0.2, -0.15) is 0 Å². The van der Waals surface area contributed by atoms with Crippen molar-refractivity contribution in [2.45, 2.75) is 26.9 Å². The molecule has 0 amide bonds. The standard InChI is InChI=1S/C10H12ClN/c1-6-3-8-4-12-5-9(8)10(11)7(6)2/h3,12H,4-5H2,1-2H3. The zero-order valence-corrected chi connectivity index (χ0v) is 8.13. The first-order valence-electron chi connectivity index (χ1n) is 4.18. The monoisotopic (exact) mass is 181 g/mol. The molecule has 2 rings (SSSR count). The predicted molar refractivity (Wildman–Crippen MR) is 51.5 cm³/mol. The van der Waals surface area contributed by atoms with Crippen LogP contribution in [0.3, 0.4) is 0 Å². The van der Waals surface area contributed by atoms with E-state index in [-0.39, 0.29) is 0 Å². The molecule has 64 valence electrons. The van der Waals surface area contributed by atoms with Crippen molar-refractivity contribution >= 4 is 11.6 Å². The molecule has 2 heteroatoms. The average molecular weight is 182 g/mol. The summed E-state index contributed by atoms with van der Waals surface area (Å²) >= 11 is 6.20. The molecule has 1 aromatic rings. The Morgan fingerprint density at radius 1 is 1.33 bits per heavy atom. The Morgan fingerprint density at radius 2 is 2.08 bits per heavy atom. The Morgan fingerprint density at radius 3 is 2.83 bits per heavy atom. The molecule has 1 aliphatic rings. The maximum atomic E-state index is 6.20. The summed E-state index contributed by atoms with van der Waals surface area (Å²) in [7, 11) is 0. The Kier molecular flexibility index (Phi) is 1.85. The van der Waals surface area contributed by atoms with E-state index in [1.807, 2.05) is 0 Å². The number of hydrogen-bond acceptors (Lipinski definition) is 1. The molecule has 1 heterocycles.